The summed E-state index contributed by atoms with van der Waals surface area (Å²) in [6.45, 7) is 2.23. The molecule has 2 aromatic carbocycles. The van der Waals surface area contributed by atoms with Crippen molar-refractivity contribution in [1.82, 2.24) is 0 Å². The summed E-state index contributed by atoms with van der Waals surface area (Å²) in [6, 6.07) is 7.48. The number of hydrogen-bond acceptors (Lipinski definition) is 4. The molecule has 2 aliphatic rings. The molecular weight excluding hydrogens is 457 g/mol. The second kappa shape index (κ2) is 11.5. The van der Waals surface area contributed by atoms with Gasteiger partial charge in [-0.3, -0.25) is 4.79 Å². The molecule has 0 atom stereocenters. The van der Waals surface area contributed by atoms with Crippen LogP contribution in [0, 0.1) is 29.3 Å². The zero-order valence-electron chi connectivity index (χ0n) is 20.1. The first-order valence-corrected chi connectivity index (χ1v) is 12.6. The van der Waals surface area contributed by atoms with Crippen LogP contribution in [0.4, 0.5) is 13.2 Å². The Morgan fingerprint density at radius 1 is 0.886 bits per heavy atom. The minimum Gasteiger partial charge on any atom is -0.491 e. The predicted molar refractivity (Wildman–Crippen MR) is 126 cm³/mol. The van der Waals surface area contributed by atoms with Gasteiger partial charge in [0.15, 0.2) is 23.2 Å². The Bertz CT molecular complexity index is 1030. The maximum Gasteiger partial charge on any atom is 0.314 e. The summed E-state index contributed by atoms with van der Waals surface area (Å²) < 4.78 is 54.6. The number of ether oxygens (including phenoxy) is 2. The molecule has 4 rings (SSSR count). The van der Waals surface area contributed by atoms with E-state index in [2.05, 4.69) is 0 Å². The van der Waals surface area contributed by atoms with Crippen molar-refractivity contribution in [3.8, 4) is 11.5 Å². The molecule has 4 nitrogen and oxygen atoms in total. The van der Waals surface area contributed by atoms with Gasteiger partial charge in [-0.1, -0.05) is 12.1 Å². The van der Waals surface area contributed by atoms with E-state index >= 15 is 4.39 Å². The standard InChI is InChI=1S/C28H33F3O4/c1-2-34-25-14-11-21(15-24(25)29)35-28(33)20-9-7-19(8-10-20)23-13-12-22(26(30)27(23)31)18-5-3-17(16-32)4-6-18/h11-15,17-20,32H,2-10,16H2,1H3. The molecule has 7 heteroatoms. The van der Waals surface area contributed by atoms with Gasteiger partial charge in [0.2, 0.25) is 0 Å². The number of carbonyl (C=O) groups excluding carboxylic acids is 1. The first-order valence-electron chi connectivity index (χ1n) is 12.6. The molecule has 2 saturated carbocycles. The minimum absolute atomic E-state index is 0.0145. The Balaban J connectivity index is 1.35. The molecule has 1 N–H and O–H groups in total. The van der Waals surface area contributed by atoms with Gasteiger partial charge >= 0.3 is 5.97 Å². The molecule has 0 heterocycles. The van der Waals surface area contributed by atoms with Crippen LogP contribution in [-0.2, 0) is 4.79 Å². The highest BCUT2D eigenvalue weighted by Gasteiger charge is 2.32. The molecule has 0 aliphatic heterocycles. The number of hydrogen-bond donors (Lipinski definition) is 1. The smallest absolute Gasteiger partial charge is 0.314 e. The van der Waals surface area contributed by atoms with Crippen LogP contribution in [0.15, 0.2) is 30.3 Å². The molecule has 0 radical (unpaired) electrons. The fourth-order valence-electron chi connectivity index (χ4n) is 5.52. The van der Waals surface area contributed by atoms with E-state index in [1.807, 2.05) is 0 Å². The van der Waals surface area contributed by atoms with Crippen molar-refractivity contribution in [3.05, 3.63) is 58.9 Å². The molecule has 190 valence electrons. The number of rotatable bonds is 7. The zero-order chi connectivity index (χ0) is 24.9. The number of benzene rings is 2. The van der Waals surface area contributed by atoms with Crippen LogP contribution in [-0.4, -0.2) is 24.3 Å². The first kappa shape index (κ1) is 25.5. The van der Waals surface area contributed by atoms with Crippen LogP contribution < -0.4 is 9.47 Å². The Labute approximate surface area is 204 Å². The van der Waals surface area contributed by atoms with E-state index in [9.17, 15) is 18.7 Å². The Morgan fingerprint density at radius 3 is 1.97 bits per heavy atom. The van der Waals surface area contributed by atoms with Gasteiger partial charge in [0.25, 0.3) is 0 Å². The first-order chi connectivity index (χ1) is 16.9. The molecule has 2 fully saturated rings. The van der Waals surface area contributed by atoms with E-state index in [4.69, 9.17) is 9.47 Å². The van der Waals surface area contributed by atoms with E-state index in [1.165, 1.54) is 12.1 Å². The summed E-state index contributed by atoms with van der Waals surface area (Å²) in [5.41, 5.74) is 0.804. The van der Waals surface area contributed by atoms with Crippen molar-refractivity contribution in [2.24, 2.45) is 11.8 Å². The third kappa shape index (κ3) is 5.83. The van der Waals surface area contributed by atoms with Gasteiger partial charge in [-0.25, -0.2) is 13.2 Å². The predicted octanol–water partition coefficient (Wildman–Crippen LogP) is 6.65. The van der Waals surface area contributed by atoms with Crippen molar-refractivity contribution < 1.29 is 32.5 Å². The van der Waals surface area contributed by atoms with Crippen molar-refractivity contribution >= 4 is 5.97 Å². The number of aliphatic hydroxyl groups excluding tert-OH is 1. The van der Waals surface area contributed by atoms with Crippen LogP contribution in [0.1, 0.15) is 81.3 Å². The van der Waals surface area contributed by atoms with Gasteiger partial charge in [0.05, 0.1) is 12.5 Å². The Kier molecular flexibility index (Phi) is 8.37. The number of halogens is 3. The van der Waals surface area contributed by atoms with E-state index in [1.54, 1.807) is 19.1 Å². The Hall–Kier alpha value is -2.54. The SMILES string of the molecule is CCOc1ccc(OC(=O)C2CCC(c3ccc(C4CCC(CO)CC4)c(F)c3F)CC2)cc1F. The monoisotopic (exact) mass is 490 g/mol. The fourth-order valence-corrected chi connectivity index (χ4v) is 5.52. The zero-order valence-corrected chi connectivity index (χ0v) is 20.1. The van der Waals surface area contributed by atoms with Crippen LogP contribution >= 0.6 is 0 Å². The average Bonchev–Trinajstić information content (AvgIpc) is 2.87. The largest absolute Gasteiger partial charge is 0.491 e. The summed E-state index contributed by atoms with van der Waals surface area (Å²) in [5.74, 6) is -2.62. The van der Waals surface area contributed by atoms with Crippen molar-refractivity contribution in [2.75, 3.05) is 13.2 Å². The van der Waals surface area contributed by atoms with Gasteiger partial charge in [-0.15, -0.1) is 0 Å². The van der Waals surface area contributed by atoms with E-state index in [-0.39, 0.29) is 41.8 Å². The molecule has 0 aromatic heterocycles. The molecule has 0 saturated heterocycles. The number of aliphatic hydroxyl groups is 1. The fraction of sp³-hybridized carbons (Fsp3) is 0.536. The molecule has 0 unspecified atom stereocenters. The molecule has 0 bridgehead atoms. The van der Waals surface area contributed by atoms with Crippen molar-refractivity contribution in [2.45, 2.75) is 70.1 Å². The number of carbonyl (C=O) groups is 1. The van der Waals surface area contributed by atoms with E-state index < -0.39 is 23.4 Å². The topological polar surface area (TPSA) is 55.8 Å². The highest BCUT2D eigenvalue weighted by Crippen LogP contribution is 2.41. The maximum atomic E-state index is 15.1. The Morgan fingerprint density at radius 2 is 1.46 bits per heavy atom. The normalized spacial score (nSPS) is 24.7. The van der Waals surface area contributed by atoms with E-state index in [0.29, 0.717) is 43.4 Å². The summed E-state index contributed by atoms with van der Waals surface area (Å²) in [5, 5.41) is 9.31. The lowest BCUT2D eigenvalue weighted by molar-refractivity contribution is -0.140. The maximum absolute atomic E-state index is 15.1. The summed E-state index contributed by atoms with van der Waals surface area (Å²) in [4.78, 5) is 12.6. The van der Waals surface area contributed by atoms with Crippen LogP contribution in [0.25, 0.3) is 0 Å². The van der Waals surface area contributed by atoms with Crippen LogP contribution in [0.5, 0.6) is 11.5 Å². The summed E-state index contributed by atoms with van der Waals surface area (Å²) in [6.07, 6.45) is 5.26. The lowest BCUT2D eigenvalue weighted by Crippen LogP contribution is -2.25. The molecular formula is C28H33F3O4. The molecule has 2 aromatic rings. The highest BCUT2D eigenvalue weighted by atomic mass is 19.2. The molecule has 0 amide bonds. The van der Waals surface area contributed by atoms with Gasteiger partial charge in [0.1, 0.15) is 5.75 Å². The number of esters is 1. The van der Waals surface area contributed by atoms with Crippen LogP contribution in [0.3, 0.4) is 0 Å². The minimum atomic E-state index is -0.775. The third-order valence-corrected chi connectivity index (χ3v) is 7.61. The second-order valence-corrected chi connectivity index (χ2v) is 9.77. The van der Waals surface area contributed by atoms with Gasteiger partial charge in [0, 0.05) is 12.7 Å². The molecule has 35 heavy (non-hydrogen) atoms. The third-order valence-electron chi connectivity index (χ3n) is 7.61. The molecule has 0 spiro atoms. The lowest BCUT2D eigenvalue weighted by atomic mass is 9.76. The lowest BCUT2D eigenvalue weighted by Gasteiger charge is -2.30. The molecule has 2 aliphatic carbocycles. The second-order valence-electron chi connectivity index (χ2n) is 9.77. The quantitative estimate of drug-likeness (QED) is 0.349. The van der Waals surface area contributed by atoms with Crippen molar-refractivity contribution in [1.29, 1.82) is 0 Å². The van der Waals surface area contributed by atoms with Crippen LogP contribution in [0.2, 0.25) is 0 Å². The average molecular weight is 491 g/mol. The highest BCUT2D eigenvalue weighted by molar-refractivity contribution is 5.75. The summed E-state index contributed by atoms with van der Waals surface area (Å²) >= 11 is 0. The van der Waals surface area contributed by atoms with Crippen molar-refractivity contribution in [3.63, 3.8) is 0 Å². The van der Waals surface area contributed by atoms with E-state index in [0.717, 1.165) is 31.7 Å². The van der Waals surface area contributed by atoms with Gasteiger partial charge < -0.3 is 14.6 Å². The van der Waals surface area contributed by atoms with Gasteiger partial charge in [-0.2, -0.15) is 0 Å². The van der Waals surface area contributed by atoms with Gasteiger partial charge in [-0.05, 0) is 99.3 Å². The summed E-state index contributed by atoms with van der Waals surface area (Å²) in [7, 11) is 0.